The monoisotopic (exact) mass is 318 g/mol. The van der Waals surface area contributed by atoms with Gasteiger partial charge in [-0.3, -0.25) is 4.79 Å². The predicted octanol–water partition coefficient (Wildman–Crippen LogP) is 2.70. The lowest BCUT2D eigenvalue weighted by atomic mass is 9.88. The van der Waals surface area contributed by atoms with Crippen LogP contribution in [0.4, 0.5) is 5.88 Å². The highest BCUT2D eigenvalue weighted by atomic mass is 16.5. The molecule has 3 heterocycles. The molecular formula is C16H22N4O3. The van der Waals surface area contributed by atoms with Gasteiger partial charge < -0.3 is 19.7 Å². The van der Waals surface area contributed by atoms with Crippen LogP contribution in [0.3, 0.4) is 0 Å². The van der Waals surface area contributed by atoms with Crippen molar-refractivity contribution in [3.8, 4) is 0 Å². The fraction of sp³-hybridized carbons (Fsp3) is 0.562. The van der Waals surface area contributed by atoms with Crippen LogP contribution in [0.25, 0.3) is 0 Å². The highest BCUT2D eigenvalue weighted by molar-refractivity contribution is 5.92. The van der Waals surface area contributed by atoms with Crippen molar-refractivity contribution in [2.24, 2.45) is 0 Å². The molecule has 1 aliphatic rings. The molecule has 2 aromatic rings. The van der Waals surface area contributed by atoms with E-state index in [0.29, 0.717) is 30.4 Å². The van der Waals surface area contributed by atoms with Gasteiger partial charge in [-0.15, -0.1) is 0 Å². The minimum absolute atomic E-state index is 0.0796. The molecule has 0 unspecified atom stereocenters. The number of nitrogen functional groups attached to an aromatic ring is 1. The summed E-state index contributed by atoms with van der Waals surface area (Å²) in [7, 11) is 0. The average Bonchev–Trinajstić information content (AvgIpc) is 3.12. The summed E-state index contributed by atoms with van der Waals surface area (Å²) in [4.78, 5) is 14.2. The van der Waals surface area contributed by atoms with Gasteiger partial charge in [0.15, 0.2) is 5.69 Å². The Bertz CT molecular complexity index is 696. The van der Waals surface area contributed by atoms with Crippen LogP contribution in [0.1, 0.15) is 66.0 Å². The Morgan fingerprint density at radius 2 is 2.00 bits per heavy atom. The number of likely N-dealkylation sites (tertiary alicyclic amines) is 1. The van der Waals surface area contributed by atoms with Crippen LogP contribution >= 0.6 is 0 Å². The van der Waals surface area contributed by atoms with Gasteiger partial charge in [-0.2, -0.15) is 0 Å². The summed E-state index contributed by atoms with van der Waals surface area (Å²) in [6.45, 7) is 7.27. The van der Waals surface area contributed by atoms with Crippen LogP contribution in [0, 0.1) is 6.92 Å². The van der Waals surface area contributed by atoms with Crippen LogP contribution in [0.2, 0.25) is 0 Å². The lowest BCUT2D eigenvalue weighted by molar-refractivity contribution is 0.0700. The van der Waals surface area contributed by atoms with Crippen LogP contribution in [-0.4, -0.2) is 34.2 Å². The Morgan fingerprint density at radius 1 is 1.30 bits per heavy atom. The number of carbonyl (C=O) groups is 1. The first-order valence-corrected chi connectivity index (χ1v) is 7.95. The maximum Gasteiger partial charge on any atom is 0.276 e. The SMILES string of the molecule is Cc1cc(C(=O)N2CCC(c3noc(N)c3C(C)C)CC2)no1. The second kappa shape index (κ2) is 6.06. The molecule has 7 heteroatoms. The van der Waals surface area contributed by atoms with Gasteiger partial charge in [-0.25, -0.2) is 0 Å². The Balaban J connectivity index is 1.68. The van der Waals surface area contributed by atoms with Crippen LogP contribution in [0.15, 0.2) is 15.1 Å². The summed E-state index contributed by atoms with van der Waals surface area (Å²) < 4.78 is 10.2. The van der Waals surface area contributed by atoms with E-state index in [9.17, 15) is 4.79 Å². The molecular weight excluding hydrogens is 296 g/mol. The Morgan fingerprint density at radius 3 is 2.57 bits per heavy atom. The first kappa shape index (κ1) is 15.6. The zero-order valence-corrected chi connectivity index (χ0v) is 13.7. The van der Waals surface area contributed by atoms with Crippen molar-refractivity contribution in [1.82, 2.24) is 15.2 Å². The molecule has 23 heavy (non-hydrogen) atoms. The summed E-state index contributed by atoms with van der Waals surface area (Å²) in [5, 5.41) is 7.96. The molecule has 2 aromatic heterocycles. The van der Waals surface area contributed by atoms with Gasteiger partial charge in [0.05, 0.1) is 5.69 Å². The Labute approximate surface area is 134 Å². The predicted molar refractivity (Wildman–Crippen MR) is 84.1 cm³/mol. The van der Waals surface area contributed by atoms with E-state index >= 15 is 0 Å². The standard InChI is InChI=1S/C16H22N4O3/c1-9(2)13-14(19-23-15(13)17)11-4-6-20(7-5-11)16(21)12-8-10(3)22-18-12/h8-9,11H,4-7,17H2,1-3H3. The molecule has 124 valence electrons. The number of carbonyl (C=O) groups excluding carboxylic acids is 1. The van der Waals surface area contributed by atoms with Crippen molar-refractivity contribution in [2.75, 3.05) is 18.8 Å². The van der Waals surface area contributed by atoms with E-state index in [1.165, 1.54) is 0 Å². The maximum atomic E-state index is 12.4. The van der Waals surface area contributed by atoms with Gasteiger partial charge in [0.25, 0.3) is 5.91 Å². The second-order valence-corrected chi connectivity index (χ2v) is 6.39. The summed E-state index contributed by atoms with van der Waals surface area (Å²) in [5.74, 6) is 1.52. The first-order valence-electron chi connectivity index (χ1n) is 7.95. The van der Waals surface area contributed by atoms with E-state index in [0.717, 1.165) is 24.1 Å². The topological polar surface area (TPSA) is 98.4 Å². The minimum Gasteiger partial charge on any atom is -0.367 e. The molecule has 1 fully saturated rings. The average molecular weight is 318 g/mol. The first-order chi connectivity index (χ1) is 11.0. The van der Waals surface area contributed by atoms with E-state index in [1.807, 2.05) is 4.90 Å². The van der Waals surface area contributed by atoms with E-state index in [2.05, 4.69) is 24.2 Å². The van der Waals surface area contributed by atoms with Gasteiger partial charge in [0, 0.05) is 30.6 Å². The van der Waals surface area contributed by atoms with Crippen molar-refractivity contribution in [1.29, 1.82) is 0 Å². The lowest BCUT2D eigenvalue weighted by Gasteiger charge is -2.31. The molecule has 0 aromatic carbocycles. The van der Waals surface area contributed by atoms with Crippen LogP contribution in [0.5, 0.6) is 0 Å². The van der Waals surface area contributed by atoms with Gasteiger partial charge in [0.1, 0.15) is 5.76 Å². The number of aryl methyl sites for hydroxylation is 1. The third-order valence-corrected chi connectivity index (χ3v) is 4.38. The third-order valence-electron chi connectivity index (χ3n) is 4.38. The lowest BCUT2D eigenvalue weighted by Crippen LogP contribution is -2.38. The number of nitrogens with zero attached hydrogens (tertiary/aromatic N) is 3. The summed E-state index contributed by atoms with van der Waals surface area (Å²) >= 11 is 0. The quantitative estimate of drug-likeness (QED) is 0.934. The van der Waals surface area contributed by atoms with Gasteiger partial charge in [-0.1, -0.05) is 24.2 Å². The molecule has 1 saturated heterocycles. The molecule has 2 N–H and O–H groups in total. The maximum absolute atomic E-state index is 12.4. The van der Waals surface area contributed by atoms with Crippen LogP contribution < -0.4 is 5.73 Å². The van der Waals surface area contributed by atoms with Gasteiger partial charge in [-0.05, 0) is 25.7 Å². The highest BCUT2D eigenvalue weighted by Gasteiger charge is 2.30. The largest absolute Gasteiger partial charge is 0.367 e. The number of piperidine rings is 1. The molecule has 0 saturated carbocycles. The summed E-state index contributed by atoms with van der Waals surface area (Å²) in [5.41, 5.74) is 8.21. The number of aromatic nitrogens is 2. The molecule has 3 rings (SSSR count). The van der Waals surface area contributed by atoms with Crippen molar-refractivity contribution < 1.29 is 13.8 Å². The molecule has 7 nitrogen and oxygen atoms in total. The van der Waals surface area contributed by atoms with E-state index < -0.39 is 0 Å². The molecule has 0 radical (unpaired) electrons. The molecule has 0 bridgehead atoms. The van der Waals surface area contributed by atoms with Gasteiger partial charge >= 0.3 is 0 Å². The second-order valence-electron chi connectivity index (χ2n) is 6.39. The fourth-order valence-electron chi connectivity index (χ4n) is 3.18. The normalized spacial score (nSPS) is 16.3. The highest BCUT2D eigenvalue weighted by Crippen LogP contribution is 2.35. The molecule has 0 atom stereocenters. The van der Waals surface area contributed by atoms with E-state index in [4.69, 9.17) is 14.8 Å². The number of hydrogen-bond acceptors (Lipinski definition) is 6. The van der Waals surface area contributed by atoms with Crippen molar-refractivity contribution >= 4 is 11.8 Å². The number of hydrogen-bond donors (Lipinski definition) is 1. The van der Waals surface area contributed by atoms with Crippen molar-refractivity contribution in [3.05, 3.63) is 28.8 Å². The Hall–Kier alpha value is -2.31. The number of nitrogens with two attached hydrogens (primary N) is 1. The molecule has 0 spiro atoms. The zero-order chi connectivity index (χ0) is 16.6. The summed E-state index contributed by atoms with van der Waals surface area (Å²) in [6.07, 6.45) is 1.68. The molecule has 1 aliphatic heterocycles. The Kier molecular flexibility index (Phi) is 4.11. The summed E-state index contributed by atoms with van der Waals surface area (Å²) in [6, 6.07) is 1.67. The third kappa shape index (κ3) is 2.95. The number of amides is 1. The minimum atomic E-state index is -0.0796. The zero-order valence-electron chi connectivity index (χ0n) is 13.7. The number of rotatable bonds is 3. The van der Waals surface area contributed by atoms with E-state index in [1.54, 1.807) is 13.0 Å². The smallest absolute Gasteiger partial charge is 0.276 e. The van der Waals surface area contributed by atoms with Crippen molar-refractivity contribution in [3.63, 3.8) is 0 Å². The van der Waals surface area contributed by atoms with Crippen LogP contribution in [-0.2, 0) is 0 Å². The van der Waals surface area contributed by atoms with E-state index in [-0.39, 0.29) is 17.7 Å². The van der Waals surface area contributed by atoms with Gasteiger partial charge in [0.2, 0.25) is 5.88 Å². The van der Waals surface area contributed by atoms with Crippen molar-refractivity contribution in [2.45, 2.75) is 45.4 Å². The number of anilines is 1. The molecule has 1 amide bonds. The fourth-order valence-corrected chi connectivity index (χ4v) is 3.18. The molecule has 0 aliphatic carbocycles.